The van der Waals surface area contributed by atoms with Crippen molar-refractivity contribution < 1.29 is 0 Å². The molecular formula is C11H11BrN2S. The zero-order valence-electron chi connectivity index (χ0n) is 8.11. The predicted molar refractivity (Wildman–Crippen MR) is 68.1 cm³/mol. The number of nitrogens with zero attached hydrogens (tertiary/aromatic N) is 1. The van der Waals surface area contributed by atoms with Crippen LogP contribution in [0.3, 0.4) is 0 Å². The van der Waals surface area contributed by atoms with Crippen molar-refractivity contribution in [2.45, 2.75) is 12.8 Å². The molecule has 2 N–H and O–H groups in total. The molecule has 0 fully saturated rings. The maximum atomic E-state index is 5.58. The molecule has 0 saturated heterocycles. The lowest BCUT2D eigenvalue weighted by atomic mass is 10.1. The molecule has 0 saturated carbocycles. The summed E-state index contributed by atoms with van der Waals surface area (Å²) < 4.78 is 1.16. The Hall–Kier alpha value is -0.870. The molecule has 2 rings (SSSR count). The first-order valence-corrected chi connectivity index (χ1v) is 6.36. The molecule has 15 heavy (non-hydrogen) atoms. The molecule has 0 atom stereocenters. The molecule has 78 valence electrons. The molecule has 0 unspecified atom stereocenters. The Bertz CT molecular complexity index is 453. The van der Waals surface area contributed by atoms with Crippen LogP contribution in [0.5, 0.6) is 0 Å². The number of halogens is 1. The first-order valence-electron chi connectivity index (χ1n) is 4.69. The Labute approximate surface area is 101 Å². The van der Waals surface area contributed by atoms with E-state index in [4.69, 9.17) is 5.73 Å². The summed E-state index contributed by atoms with van der Waals surface area (Å²) in [7, 11) is 0. The lowest BCUT2D eigenvalue weighted by molar-refractivity contribution is 0.923. The van der Waals surface area contributed by atoms with Crippen LogP contribution in [-0.2, 0) is 12.8 Å². The van der Waals surface area contributed by atoms with Gasteiger partial charge in [-0.1, -0.05) is 34.1 Å². The molecule has 0 spiro atoms. The minimum Gasteiger partial charge on any atom is -0.375 e. The summed E-state index contributed by atoms with van der Waals surface area (Å²) in [5.74, 6) is 0. The lowest BCUT2D eigenvalue weighted by Gasteiger charge is -2.01. The number of nitrogen functional groups attached to an aromatic ring is 1. The van der Waals surface area contributed by atoms with Crippen LogP contribution in [0.25, 0.3) is 0 Å². The fraction of sp³-hybridized carbons (Fsp3) is 0.182. The van der Waals surface area contributed by atoms with E-state index < -0.39 is 0 Å². The molecule has 0 aliphatic carbocycles. The van der Waals surface area contributed by atoms with Crippen molar-refractivity contribution in [1.82, 2.24) is 4.98 Å². The maximum absolute atomic E-state index is 5.58. The Morgan fingerprint density at radius 1 is 1.27 bits per heavy atom. The molecule has 1 aromatic heterocycles. The Kier molecular flexibility index (Phi) is 3.38. The number of thiazole rings is 1. The Balaban J connectivity index is 2.02. The van der Waals surface area contributed by atoms with Gasteiger partial charge in [0.1, 0.15) is 0 Å². The molecule has 4 heteroatoms. The van der Waals surface area contributed by atoms with Gasteiger partial charge in [-0.15, -0.1) is 11.3 Å². The average Bonchev–Trinajstić information content (AvgIpc) is 2.63. The second-order valence-corrected chi connectivity index (χ2v) is 5.01. The summed E-state index contributed by atoms with van der Waals surface area (Å²) in [5, 5.41) is 2.67. The number of anilines is 1. The minimum absolute atomic E-state index is 0.650. The van der Waals surface area contributed by atoms with E-state index in [1.165, 1.54) is 16.9 Å². The molecule has 0 aliphatic rings. The summed E-state index contributed by atoms with van der Waals surface area (Å²) in [6, 6.07) is 8.26. The monoisotopic (exact) mass is 282 g/mol. The number of aryl methyl sites for hydroxylation is 2. The van der Waals surface area contributed by atoms with Crippen molar-refractivity contribution in [3.05, 3.63) is 45.4 Å². The first-order chi connectivity index (χ1) is 7.25. The summed E-state index contributed by atoms with van der Waals surface area (Å²) in [4.78, 5) is 4.24. The zero-order chi connectivity index (χ0) is 10.7. The largest absolute Gasteiger partial charge is 0.375 e. The predicted octanol–water partition coefficient (Wildman–Crippen LogP) is 3.27. The van der Waals surface area contributed by atoms with Crippen molar-refractivity contribution in [3.8, 4) is 0 Å². The van der Waals surface area contributed by atoms with Crippen molar-refractivity contribution in [1.29, 1.82) is 0 Å². The molecule has 1 heterocycles. The van der Waals surface area contributed by atoms with Gasteiger partial charge in [-0.05, 0) is 24.5 Å². The van der Waals surface area contributed by atoms with Gasteiger partial charge in [0.15, 0.2) is 5.13 Å². The summed E-state index contributed by atoms with van der Waals surface area (Å²) in [5.41, 5.74) is 7.96. The number of rotatable bonds is 3. The second kappa shape index (κ2) is 4.77. The van der Waals surface area contributed by atoms with Crippen molar-refractivity contribution in [2.24, 2.45) is 0 Å². The molecule has 0 amide bonds. The van der Waals surface area contributed by atoms with E-state index in [0.717, 1.165) is 23.0 Å². The topological polar surface area (TPSA) is 38.9 Å². The van der Waals surface area contributed by atoms with E-state index in [1.54, 1.807) is 0 Å². The fourth-order valence-corrected chi connectivity index (χ4v) is 2.48. The van der Waals surface area contributed by atoms with Gasteiger partial charge in [-0.2, -0.15) is 0 Å². The van der Waals surface area contributed by atoms with Crippen LogP contribution in [0.2, 0.25) is 0 Å². The molecule has 0 aliphatic heterocycles. The van der Waals surface area contributed by atoms with Crippen LogP contribution >= 0.6 is 27.3 Å². The third-order valence-electron chi connectivity index (χ3n) is 2.18. The van der Waals surface area contributed by atoms with Gasteiger partial charge in [0, 0.05) is 9.85 Å². The molecular weight excluding hydrogens is 272 g/mol. The first kappa shape index (κ1) is 10.6. The van der Waals surface area contributed by atoms with Crippen LogP contribution < -0.4 is 5.73 Å². The van der Waals surface area contributed by atoms with E-state index in [0.29, 0.717) is 5.13 Å². The summed E-state index contributed by atoms with van der Waals surface area (Å²) >= 11 is 5.03. The van der Waals surface area contributed by atoms with Gasteiger partial charge in [0.05, 0.1) is 5.69 Å². The highest BCUT2D eigenvalue weighted by Crippen LogP contribution is 2.19. The van der Waals surface area contributed by atoms with Gasteiger partial charge in [-0.3, -0.25) is 0 Å². The minimum atomic E-state index is 0.650. The Morgan fingerprint density at radius 2 is 2.07 bits per heavy atom. The van der Waals surface area contributed by atoms with Crippen molar-refractivity contribution in [2.75, 3.05) is 5.73 Å². The highest BCUT2D eigenvalue weighted by molar-refractivity contribution is 9.10. The van der Waals surface area contributed by atoms with E-state index in [9.17, 15) is 0 Å². The zero-order valence-corrected chi connectivity index (χ0v) is 10.5. The van der Waals surface area contributed by atoms with Gasteiger partial charge in [0.25, 0.3) is 0 Å². The number of hydrogen-bond acceptors (Lipinski definition) is 3. The SMILES string of the molecule is Nc1nc(CCc2ccccc2Br)cs1. The Morgan fingerprint density at radius 3 is 2.73 bits per heavy atom. The number of nitrogens with two attached hydrogens (primary N) is 1. The molecule has 1 aromatic carbocycles. The molecule has 0 bridgehead atoms. The maximum Gasteiger partial charge on any atom is 0.180 e. The van der Waals surface area contributed by atoms with Crippen LogP contribution in [0.1, 0.15) is 11.3 Å². The molecule has 2 nitrogen and oxygen atoms in total. The second-order valence-electron chi connectivity index (χ2n) is 3.27. The lowest BCUT2D eigenvalue weighted by Crippen LogP contribution is -1.93. The number of benzene rings is 1. The third-order valence-corrected chi connectivity index (χ3v) is 3.67. The molecule has 2 aromatic rings. The van der Waals surface area contributed by atoms with E-state index in [-0.39, 0.29) is 0 Å². The smallest absolute Gasteiger partial charge is 0.180 e. The van der Waals surface area contributed by atoms with Gasteiger partial charge >= 0.3 is 0 Å². The highest BCUT2D eigenvalue weighted by Gasteiger charge is 2.02. The van der Waals surface area contributed by atoms with Gasteiger partial charge < -0.3 is 5.73 Å². The third kappa shape index (κ3) is 2.79. The van der Waals surface area contributed by atoms with Crippen LogP contribution in [0.4, 0.5) is 5.13 Å². The normalized spacial score (nSPS) is 10.5. The highest BCUT2D eigenvalue weighted by atomic mass is 79.9. The van der Waals surface area contributed by atoms with Gasteiger partial charge in [0.2, 0.25) is 0 Å². The van der Waals surface area contributed by atoms with Crippen molar-refractivity contribution in [3.63, 3.8) is 0 Å². The van der Waals surface area contributed by atoms with Gasteiger partial charge in [-0.25, -0.2) is 4.98 Å². The summed E-state index contributed by atoms with van der Waals surface area (Å²) in [6.07, 6.45) is 1.93. The van der Waals surface area contributed by atoms with E-state index in [1.807, 2.05) is 11.4 Å². The van der Waals surface area contributed by atoms with E-state index in [2.05, 4.69) is 39.1 Å². The fourth-order valence-electron chi connectivity index (χ4n) is 1.40. The quantitative estimate of drug-likeness (QED) is 0.939. The number of aromatic nitrogens is 1. The van der Waals surface area contributed by atoms with Crippen LogP contribution in [0.15, 0.2) is 34.1 Å². The summed E-state index contributed by atoms with van der Waals surface area (Å²) in [6.45, 7) is 0. The van der Waals surface area contributed by atoms with E-state index >= 15 is 0 Å². The standard InChI is InChI=1S/C11H11BrN2S/c12-10-4-2-1-3-8(10)5-6-9-7-15-11(13)14-9/h1-4,7H,5-6H2,(H2,13,14). The molecule has 0 radical (unpaired) electrons. The van der Waals surface area contributed by atoms with Crippen molar-refractivity contribution >= 4 is 32.4 Å². The average molecular weight is 283 g/mol. The van der Waals surface area contributed by atoms with Crippen LogP contribution in [0, 0.1) is 0 Å². The van der Waals surface area contributed by atoms with Crippen LogP contribution in [-0.4, -0.2) is 4.98 Å². The number of hydrogen-bond donors (Lipinski definition) is 1.